The zero-order chi connectivity index (χ0) is 25.5. The highest BCUT2D eigenvalue weighted by atomic mass is 19.1. The van der Waals surface area contributed by atoms with Crippen LogP contribution >= 0.6 is 0 Å². The second kappa shape index (κ2) is 9.31. The SMILES string of the molecule is C[C@H](NC(=O)C1CN(c2ncnn3cc(-c4ccc(N5CCCC5=O)cc4)cc23)C1)c1ccc(F)cc1. The fourth-order valence-electron chi connectivity index (χ4n) is 5.06. The molecule has 0 bridgehead atoms. The average molecular weight is 499 g/mol. The zero-order valence-corrected chi connectivity index (χ0v) is 20.5. The van der Waals surface area contributed by atoms with Gasteiger partial charge in [-0.15, -0.1) is 0 Å². The maximum absolute atomic E-state index is 13.2. The summed E-state index contributed by atoms with van der Waals surface area (Å²) in [6.07, 6.45) is 5.00. The maximum Gasteiger partial charge on any atom is 0.227 e. The van der Waals surface area contributed by atoms with Gasteiger partial charge < -0.3 is 15.1 Å². The topological polar surface area (TPSA) is 82.8 Å². The minimum Gasteiger partial charge on any atom is -0.353 e. The Kier molecular flexibility index (Phi) is 5.82. The van der Waals surface area contributed by atoms with Crippen molar-refractivity contribution in [2.75, 3.05) is 29.4 Å². The molecule has 2 saturated heterocycles. The lowest BCUT2D eigenvalue weighted by atomic mass is 9.98. The molecule has 1 N–H and O–H groups in total. The van der Waals surface area contributed by atoms with Gasteiger partial charge in [0, 0.05) is 43.5 Å². The molecular weight excluding hydrogens is 471 g/mol. The largest absolute Gasteiger partial charge is 0.353 e. The van der Waals surface area contributed by atoms with E-state index in [4.69, 9.17) is 0 Å². The third kappa shape index (κ3) is 4.41. The van der Waals surface area contributed by atoms with Crippen LogP contribution in [0.1, 0.15) is 31.4 Å². The normalized spacial score (nSPS) is 16.8. The van der Waals surface area contributed by atoms with E-state index in [1.165, 1.54) is 18.5 Å². The maximum atomic E-state index is 13.2. The molecule has 0 saturated carbocycles. The summed E-state index contributed by atoms with van der Waals surface area (Å²) < 4.78 is 15.0. The monoisotopic (exact) mass is 498 g/mol. The predicted octanol–water partition coefficient (Wildman–Crippen LogP) is 3.98. The van der Waals surface area contributed by atoms with Gasteiger partial charge in [-0.25, -0.2) is 13.9 Å². The van der Waals surface area contributed by atoms with Crippen molar-refractivity contribution in [3.05, 3.63) is 78.5 Å². The first-order chi connectivity index (χ1) is 18.0. The number of halogens is 1. The summed E-state index contributed by atoms with van der Waals surface area (Å²) >= 11 is 0. The number of nitrogens with one attached hydrogen (secondary N) is 1. The summed E-state index contributed by atoms with van der Waals surface area (Å²) in [5, 5.41) is 7.40. The molecule has 1 atom stereocenters. The molecule has 188 valence electrons. The van der Waals surface area contributed by atoms with E-state index < -0.39 is 0 Å². The molecule has 8 nitrogen and oxygen atoms in total. The number of carbonyl (C=O) groups excluding carboxylic acids is 2. The standard InChI is InChI=1S/C28H27FN6O2/c1-18(19-4-8-23(29)9-5-19)32-28(37)22-14-33(15-22)27-25-13-21(16-35(25)31-17-30-27)20-6-10-24(11-7-20)34-12-2-3-26(34)36/h4-11,13,16-18,22H,2-3,12,14-15H2,1H3,(H,32,37)/t18-/m0/s1. The highest BCUT2D eigenvalue weighted by Crippen LogP contribution is 2.32. The number of aromatic nitrogens is 3. The van der Waals surface area contributed by atoms with Gasteiger partial charge in [-0.05, 0) is 54.8 Å². The van der Waals surface area contributed by atoms with Crippen molar-refractivity contribution in [3.63, 3.8) is 0 Å². The number of benzene rings is 2. The van der Waals surface area contributed by atoms with Crippen LogP contribution in [-0.2, 0) is 9.59 Å². The lowest BCUT2D eigenvalue weighted by Crippen LogP contribution is -2.54. The van der Waals surface area contributed by atoms with E-state index in [-0.39, 0.29) is 29.6 Å². The van der Waals surface area contributed by atoms with E-state index in [1.54, 1.807) is 16.6 Å². The van der Waals surface area contributed by atoms with Crippen molar-refractivity contribution in [1.82, 2.24) is 19.9 Å². The zero-order valence-electron chi connectivity index (χ0n) is 20.5. The fraction of sp³-hybridized carbons (Fsp3) is 0.286. The molecule has 4 aromatic rings. The molecule has 2 aliphatic rings. The number of anilines is 2. The van der Waals surface area contributed by atoms with Crippen molar-refractivity contribution in [2.24, 2.45) is 5.92 Å². The molecule has 0 spiro atoms. The van der Waals surface area contributed by atoms with Crippen molar-refractivity contribution in [2.45, 2.75) is 25.8 Å². The molecule has 4 heterocycles. The first kappa shape index (κ1) is 23.1. The Balaban J connectivity index is 1.14. The predicted molar refractivity (Wildman–Crippen MR) is 139 cm³/mol. The van der Waals surface area contributed by atoms with Gasteiger partial charge in [-0.1, -0.05) is 24.3 Å². The highest BCUT2D eigenvalue weighted by Gasteiger charge is 2.35. The van der Waals surface area contributed by atoms with Crippen LogP contribution in [0.4, 0.5) is 15.9 Å². The molecular formula is C28H27FN6O2. The lowest BCUT2D eigenvalue weighted by molar-refractivity contribution is -0.126. The summed E-state index contributed by atoms with van der Waals surface area (Å²) in [6, 6.07) is 16.0. The molecule has 2 aliphatic heterocycles. The molecule has 37 heavy (non-hydrogen) atoms. The van der Waals surface area contributed by atoms with Crippen LogP contribution in [0.25, 0.3) is 16.6 Å². The van der Waals surface area contributed by atoms with E-state index in [1.807, 2.05) is 42.3 Å². The molecule has 0 aliphatic carbocycles. The van der Waals surface area contributed by atoms with Gasteiger partial charge >= 0.3 is 0 Å². The van der Waals surface area contributed by atoms with Crippen LogP contribution < -0.4 is 15.1 Å². The van der Waals surface area contributed by atoms with Gasteiger partial charge in [0.25, 0.3) is 0 Å². The smallest absolute Gasteiger partial charge is 0.227 e. The third-order valence-corrected chi connectivity index (χ3v) is 7.25. The van der Waals surface area contributed by atoms with Crippen molar-refractivity contribution in [3.8, 4) is 11.1 Å². The number of hydrogen-bond donors (Lipinski definition) is 1. The van der Waals surface area contributed by atoms with Gasteiger partial charge in [-0.3, -0.25) is 9.59 Å². The molecule has 0 radical (unpaired) electrons. The molecule has 9 heteroatoms. The average Bonchev–Trinajstić information content (AvgIpc) is 3.50. The van der Waals surface area contributed by atoms with Crippen molar-refractivity contribution >= 4 is 28.8 Å². The highest BCUT2D eigenvalue weighted by molar-refractivity contribution is 5.95. The Morgan fingerprint density at radius 3 is 2.54 bits per heavy atom. The summed E-state index contributed by atoms with van der Waals surface area (Å²) in [4.78, 5) is 33.2. The van der Waals surface area contributed by atoms with Crippen molar-refractivity contribution < 1.29 is 14.0 Å². The Morgan fingerprint density at radius 1 is 1.08 bits per heavy atom. The van der Waals surface area contributed by atoms with Crippen molar-refractivity contribution in [1.29, 1.82) is 0 Å². The quantitative estimate of drug-likeness (QED) is 0.435. The van der Waals surface area contributed by atoms with E-state index in [2.05, 4.69) is 26.4 Å². The molecule has 0 unspecified atom stereocenters. The number of nitrogens with zero attached hydrogens (tertiary/aromatic N) is 5. The molecule has 6 rings (SSSR count). The van der Waals surface area contributed by atoms with Gasteiger partial charge in [0.2, 0.25) is 11.8 Å². The summed E-state index contributed by atoms with van der Waals surface area (Å²) in [5.41, 5.74) is 4.69. The third-order valence-electron chi connectivity index (χ3n) is 7.25. The first-order valence-electron chi connectivity index (χ1n) is 12.5. The van der Waals surface area contributed by atoms with Gasteiger partial charge in [0.15, 0.2) is 5.82 Å². The van der Waals surface area contributed by atoms with Crippen LogP contribution in [0.2, 0.25) is 0 Å². The van der Waals surface area contributed by atoms with Gasteiger partial charge in [0.1, 0.15) is 17.7 Å². The minimum absolute atomic E-state index is 0.0224. The molecule has 2 aromatic heterocycles. The van der Waals surface area contributed by atoms with E-state index in [9.17, 15) is 14.0 Å². The molecule has 2 aromatic carbocycles. The number of amides is 2. The van der Waals surface area contributed by atoms with E-state index in [0.717, 1.165) is 46.7 Å². The number of carbonyl (C=O) groups is 2. The number of fused-ring (bicyclic) bond motifs is 1. The second-order valence-electron chi connectivity index (χ2n) is 9.72. The molecule has 2 amide bonds. The Labute approximate surface area is 213 Å². The number of rotatable bonds is 6. The van der Waals surface area contributed by atoms with Gasteiger partial charge in [0.05, 0.1) is 12.0 Å². The summed E-state index contributed by atoms with van der Waals surface area (Å²) in [6.45, 7) is 3.79. The Morgan fingerprint density at radius 2 is 1.84 bits per heavy atom. The first-order valence-corrected chi connectivity index (χ1v) is 12.5. The fourth-order valence-corrected chi connectivity index (χ4v) is 5.06. The number of hydrogen-bond acceptors (Lipinski definition) is 5. The van der Waals surface area contributed by atoms with Crippen LogP contribution in [0.3, 0.4) is 0 Å². The van der Waals surface area contributed by atoms with Gasteiger partial charge in [-0.2, -0.15) is 5.10 Å². The second-order valence-corrected chi connectivity index (χ2v) is 9.72. The Bertz CT molecular complexity index is 1460. The summed E-state index contributed by atoms with van der Waals surface area (Å²) in [5.74, 6) is 0.501. The lowest BCUT2D eigenvalue weighted by Gasteiger charge is -2.39. The van der Waals surface area contributed by atoms with E-state index in [0.29, 0.717) is 19.5 Å². The minimum atomic E-state index is -0.294. The summed E-state index contributed by atoms with van der Waals surface area (Å²) in [7, 11) is 0. The van der Waals surface area contributed by atoms with Crippen LogP contribution in [0, 0.1) is 11.7 Å². The van der Waals surface area contributed by atoms with Crippen LogP contribution in [-0.4, -0.2) is 46.0 Å². The van der Waals surface area contributed by atoms with Crippen LogP contribution in [0.5, 0.6) is 0 Å². The van der Waals surface area contributed by atoms with Crippen LogP contribution in [0.15, 0.2) is 67.1 Å². The molecule has 2 fully saturated rings. The van der Waals surface area contributed by atoms with E-state index >= 15 is 0 Å². The Hall–Kier alpha value is -4.27.